The third kappa shape index (κ3) is 7.01. The first-order valence-electron chi connectivity index (χ1n) is 11.3. The molecule has 0 unspecified atom stereocenters. The molecule has 2 rings (SSSR count). The molecule has 2 aromatic carbocycles. The summed E-state index contributed by atoms with van der Waals surface area (Å²) in [6.07, 6.45) is 2.41. The molecule has 174 valence electrons. The van der Waals surface area contributed by atoms with Gasteiger partial charge in [-0.25, -0.2) is 0 Å². The van der Waals surface area contributed by atoms with Crippen LogP contribution in [0.4, 0.5) is 0 Å². The fourth-order valence-electron chi connectivity index (χ4n) is 3.50. The third-order valence-electron chi connectivity index (χ3n) is 5.61. The van der Waals surface area contributed by atoms with E-state index in [1.54, 1.807) is 12.0 Å². The normalized spacial score (nSPS) is 11.5. The first-order valence-corrected chi connectivity index (χ1v) is 11.3. The maximum atomic E-state index is 13.3. The van der Waals surface area contributed by atoms with Gasteiger partial charge in [-0.2, -0.15) is 0 Å². The largest absolute Gasteiger partial charge is 0.497 e. The molecule has 2 amide bonds. The van der Waals surface area contributed by atoms with Gasteiger partial charge in [0.05, 0.1) is 7.11 Å². The molecule has 0 spiro atoms. The van der Waals surface area contributed by atoms with Crippen molar-refractivity contribution in [1.82, 2.24) is 10.2 Å². The monoisotopic (exact) mass is 440 g/mol. The molecule has 0 radical (unpaired) electrons. The van der Waals surface area contributed by atoms with E-state index in [0.29, 0.717) is 31.0 Å². The van der Waals surface area contributed by atoms with E-state index in [9.17, 15) is 9.59 Å². The number of hydrogen-bond acceptors (Lipinski definition) is 4. The smallest absolute Gasteiger partial charge is 0.261 e. The lowest BCUT2D eigenvalue weighted by molar-refractivity contribution is -0.143. The zero-order valence-electron chi connectivity index (χ0n) is 19.9. The highest BCUT2D eigenvalue weighted by atomic mass is 16.5. The van der Waals surface area contributed by atoms with E-state index in [4.69, 9.17) is 9.47 Å². The molecule has 0 saturated heterocycles. The van der Waals surface area contributed by atoms with Crippen molar-refractivity contribution in [2.75, 3.05) is 20.3 Å². The Morgan fingerprint density at radius 1 is 1.09 bits per heavy atom. The van der Waals surface area contributed by atoms with Gasteiger partial charge < -0.3 is 19.7 Å². The van der Waals surface area contributed by atoms with E-state index < -0.39 is 6.04 Å². The second kappa shape index (κ2) is 12.7. The Bertz CT molecular complexity index is 897. The van der Waals surface area contributed by atoms with Gasteiger partial charge in [-0.3, -0.25) is 9.59 Å². The highest BCUT2D eigenvalue weighted by Gasteiger charge is 2.29. The molecule has 0 aliphatic rings. The summed E-state index contributed by atoms with van der Waals surface area (Å²) in [5, 5.41) is 2.97. The molecular formula is C26H36N2O4. The number of aryl methyl sites for hydroxylation is 1. The maximum absolute atomic E-state index is 13.3. The van der Waals surface area contributed by atoms with E-state index in [1.807, 2.05) is 63.2 Å². The van der Waals surface area contributed by atoms with Crippen molar-refractivity contribution in [2.24, 2.45) is 0 Å². The van der Waals surface area contributed by atoms with Gasteiger partial charge in [0.1, 0.15) is 17.5 Å². The Hall–Kier alpha value is -3.02. The van der Waals surface area contributed by atoms with Gasteiger partial charge in [0.15, 0.2) is 6.61 Å². The number of hydrogen-bond donors (Lipinski definition) is 1. The molecule has 32 heavy (non-hydrogen) atoms. The Labute approximate surface area is 191 Å². The predicted octanol–water partition coefficient (Wildman–Crippen LogP) is 4.41. The molecule has 1 N–H and O–H groups in total. The van der Waals surface area contributed by atoms with Gasteiger partial charge in [0.2, 0.25) is 5.91 Å². The number of carbonyl (C=O) groups is 2. The zero-order chi connectivity index (χ0) is 23.5. The number of ether oxygens (including phenoxy) is 2. The molecule has 2 aromatic rings. The summed E-state index contributed by atoms with van der Waals surface area (Å²) in [4.78, 5) is 27.8. The number of benzene rings is 2. The van der Waals surface area contributed by atoms with Crippen LogP contribution in [0.5, 0.6) is 11.5 Å². The minimum Gasteiger partial charge on any atom is -0.497 e. The second-order valence-corrected chi connectivity index (χ2v) is 7.93. The van der Waals surface area contributed by atoms with Crippen LogP contribution in [0.3, 0.4) is 0 Å². The maximum Gasteiger partial charge on any atom is 0.261 e. The SMILES string of the molecule is CCCCNC(=O)[C@@H](CC)N(Cc1cccc(OC)c1)C(=O)COc1cccc(C)c1C. The quantitative estimate of drug-likeness (QED) is 0.496. The van der Waals surface area contributed by atoms with Crippen LogP contribution in [0.15, 0.2) is 42.5 Å². The van der Waals surface area contributed by atoms with Crippen LogP contribution in [0.1, 0.15) is 49.8 Å². The lowest BCUT2D eigenvalue weighted by atomic mass is 10.1. The van der Waals surface area contributed by atoms with Crippen molar-refractivity contribution < 1.29 is 19.1 Å². The Balaban J connectivity index is 2.23. The summed E-state index contributed by atoms with van der Waals surface area (Å²) >= 11 is 0. The van der Waals surface area contributed by atoms with Crippen molar-refractivity contribution in [1.29, 1.82) is 0 Å². The van der Waals surface area contributed by atoms with Gasteiger partial charge in [0.25, 0.3) is 5.91 Å². The second-order valence-electron chi connectivity index (χ2n) is 7.93. The Kier molecular flexibility index (Phi) is 10.1. The molecule has 0 heterocycles. The van der Waals surface area contributed by atoms with Gasteiger partial charge >= 0.3 is 0 Å². The lowest BCUT2D eigenvalue weighted by Crippen LogP contribution is -2.50. The van der Waals surface area contributed by atoms with Crippen LogP contribution in [-0.2, 0) is 16.1 Å². The van der Waals surface area contributed by atoms with E-state index in [0.717, 1.165) is 29.5 Å². The molecule has 1 atom stereocenters. The average molecular weight is 441 g/mol. The summed E-state index contributed by atoms with van der Waals surface area (Å²) in [6, 6.07) is 12.7. The molecule has 0 aliphatic carbocycles. The molecular weight excluding hydrogens is 404 g/mol. The van der Waals surface area contributed by atoms with Crippen LogP contribution in [0, 0.1) is 13.8 Å². The fraction of sp³-hybridized carbons (Fsp3) is 0.462. The lowest BCUT2D eigenvalue weighted by Gasteiger charge is -2.30. The van der Waals surface area contributed by atoms with Crippen molar-refractivity contribution in [3.63, 3.8) is 0 Å². The number of methoxy groups -OCH3 is 1. The number of carbonyl (C=O) groups excluding carboxylic acids is 2. The summed E-state index contributed by atoms with van der Waals surface area (Å²) in [5.41, 5.74) is 3.00. The standard InChI is InChI=1S/C26H36N2O4/c1-6-8-15-27-26(30)23(7-2)28(17-21-12-10-13-22(16-21)31-5)25(29)18-32-24-14-9-11-19(3)20(24)4/h9-14,16,23H,6-8,15,17-18H2,1-5H3,(H,27,30)/t23-/m1/s1. The van der Waals surface area contributed by atoms with Crippen LogP contribution < -0.4 is 14.8 Å². The summed E-state index contributed by atoms with van der Waals surface area (Å²) < 4.78 is 11.2. The van der Waals surface area contributed by atoms with Gasteiger partial charge in [0, 0.05) is 13.1 Å². The Morgan fingerprint density at radius 3 is 2.53 bits per heavy atom. The van der Waals surface area contributed by atoms with Crippen LogP contribution in [-0.4, -0.2) is 43.0 Å². The molecule has 0 fully saturated rings. The number of nitrogens with zero attached hydrogens (tertiary/aromatic N) is 1. The van der Waals surface area contributed by atoms with E-state index >= 15 is 0 Å². The zero-order valence-corrected chi connectivity index (χ0v) is 19.9. The summed E-state index contributed by atoms with van der Waals surface area (Å²) in [5.74, 6) is 1.03. The van der Waals surface area contributed by atoms with Crippen LogP contribution >= 0.6 is 0 Å². The molecule has 6 nitrogen and oxygen atoms in total. The average Bonchev–Trinajstić information content (AvgIpc) is 2.80. The van der Waals surface area contributed by atoms with Gasteiger partial charge in [-0.05, 0) is 61.6 Å². The molecule has 0 aromatic heterocycles. The first kappa shape index (κ1) is 25.2. The number of nitrogens with one attached hydrogen (secondary N) is 1. The number of amides is 2. The van der Waals surface area contributed by atoms with Crippen molar-refractivity contribution in [3.8, 4) is 11.5 Å². The predicted molar refractivity (Wildman–Crippen MR) is 127 cm³/mol. The van der Waals surface area contributed by atoms with Crippen molar-refractivity contribution >= 4 is 11.8 Å². The van der Waals surface area contributed by atoms with Gasteiger partial charge in [-0.1, -0.05) is 44.5 Å². The summed E-state index contributed by atoms with van der Waals surface area (Å²) in [6.45, 7) is 8.74. The molecule has 0 bridgehead atoms. The van der Waals surface area contributed by atoms with E-state index in [1.165, 1.54) is 0 Å². The minimum absolute atomic E-state index is 0.132. The number of unbranched alkanes of at least 4 members (excludes halogenated alkanes) is 1. The van der Waals surface area contributed by atoms with Crippen molar-refractivity contribution in [2.45, 2.75) is 59.5 Å². The summed E-state index contributed by atoms with van der Waals surface area (Å²) in [7, 11) is 1.61. The third-order valence-corrected chi connectivity index (χ3v) is 5.61. The van der Waals surface area contributed by atoms with Crippen LogP contribution in [0.2, 0.25) is 0 Å². The van der Waals surface area contributed by atoms with Crippen LogP contribution in [0.25, 0.3) is 0 Å². The highest BCUT2D eigenvalue weighted by molar-refractivity contribution is 5.88. The highest BCUT2D eigenvalue weighted by Crippen LogP contribution is 2.21. The minimum atomic E-state index is -0.576. The molecule has 0 saturated carbocycles. The van der Waals surface area contributed by atoms with Gasteiger partial charge in [-0.15, -0.1) is 0 Å². The van der Waals surface area contributed by atoms with E-state index in [2.05, 4.69) is 12.2 Å². The Morgan fingerprint density at radius 2 is 1.84 bits per heavy atom. The topological polar surface area (TPSA) is 67.9 Å². The number of rotatable bonds is 12. The molecule has 0 aliphatic heterocycles. The fourth-order valence-corrected chi connectivity index (χ4v) is 3.50. The van der Waals surface area contributed by atoms with Crippen molar-refractivity contribution in [3.05, 3.63) is 59.2 Å². The first-order chi connectivity index (χ1) is 15.4. The van der Waals surface area contributed by atoms with E-state index in [-0.39, 0.29) is 18.4 Å². The molecule has 6 heteroatoms.